The zero-order valence-electron chi connectivity index (χ0n) is 17.6. The van der Waals surface area contributed by atoms with Crippen LogP contribution in [-0.4, -0.2) is 24.6 Å². The highest BCUT2D eigenvalue weighted by atomic mass is 35.5. The molecule has 7 nitrogen and oxygen atoms in total. The fourth-order valence-electron chi connectivity index (χ4n) is 2.75. The maximum Gasteiger partial charge on any atom is 0.513 e. The first-order chi connectivity index (χ1) is 15.9. The van der Waals surface area contributed by atoms with Crippen LogP contribution in [0.5, 0.6) is 5.75 Å². The first-order valence-corrected chi connectivity index (χ1v) is 10.7. The van der Waals surface area contributed by atoms with Crippen LogP contribution in [0.15, 0.2) is 66.7 Å². The molecule has 0 atom stereocenters. The summed E-state index contributed by atoms with van der Waals surface area (Å²) in [6.07, 6.45) is -0.803. The summed E-state index contributed by atoms with van der Waals surface area (Å²) in [4.78, 5) is 36.0. The highest BCUT2D eigenvalue weighted by Crippen LogP contribution is 2.22. The van der Waals surface area contributed by atoms with E-state index >= 15 is 0 Å². The molecular formula is C24H20Cl2N2O5. The average molecular weight is 487 g/mol. The molecule has 3 rings (SSSR count). The second-order valence-corrected chi connectivity index (χ2v) is 7.59. The lowest BCUT2D eigenvalue weighted by Crippen LogP contribution is -2.22. The van der Waals surface area contributed by atoms with E-state index < -0.39 is 6.16 Å². The number of ether oxygens (including phenoxy) is 2. The Bertz CT molecular complexity index is 1150. The van der Waals surface area contributed by atoms with Gasteiger partial charge in [0.05, 0.1) is 16.7 Å². The molecule has 0 aromatic heterocycles. The van der Waals surface area contributed by atoms with Gasteiger partial charge in [0.1, 0.15) is 5.75 Å². The minimum atomic E-state index is -0.803. The standard InChI is InChI=1S/C24H20Cl2N2O5/c1-2-32-24(31)33-19-10-5-16(6-11-19)23(30)28-18-8-3-15(4-9-18)14-27-22(29)17-7-12-20(25)21(26)13-17/h3-13H,2,14H2,1H3,(H,27,29)(H,28,30). The highest BCUT2D eigenvalue weighted by molar-refractivity contribution is 6.42. The molecule has 0 heterocycles. The third-order valence-electron chi connectivity index (χ3n) is 4.43. The Morgan fingerprint density at radius 1 is 0.818 bits per heavy atom. The van der Waals surface area contributed by atoms with Gasteiger partial charge >= 0.3 is 6.16 Å². The monoisotopic (exact) mass is 486 g/mol. The molecule has 0 aliphatic rings. The van der Waals surface area contributed by atoms with Crippen molar-refractivity contribution in [2.75, 3.05) is 11.9 Å². The first kappa shape index (κ1) is 24.1. The quantitative estimate of drug-likeness (QED) is 0.329. The Morgan fingerprint density at radius 3 is 2.12 bits per heavy atom. The summed E-state index contributed by atoms with van der Waals surface area (Å²) in [5.41, 5.74) is 2.24. The van der Waals surface area contributed by atoms with E-state index in [9.17, 15) is 14.4 Å². The number of anilines is 1. The van der Waals surface area contributed by atoms with E-state index in [-0.39, 0.29) is 24.2 Å². The van der Waals surface area contributed by atoms with Gasteiger partial charge in [-0.25, -0.2) is 4.79 Å². The van der Waals surface area contributed by atoms with Gasteiger partial charge < -0.3 is 20.1 Å². The predicted molar refractivity (Wildman–Crippen MR) is 126 cm³/mol. The summed E-state index contributed by atoms with van der Waals surface area (Å²) in [6.45, 7) is 2.19. The lowest BCUT2D eigenvalue weighted by Gasteiger charge is -2.09. The van der Waals surface area contributed by atoms with Crippen LogP contribution in [0.3, 0.4) is 0 Å². The van der Waals surface area contributed by atoms with Crippen molar-refractivity contribution in [3.05, 3.63) is 93.5 Å². The summed E-state index contributed by atoms with van der Waals surface area (Å²) in [6, 6.07) is 17.8. The number of carbonyl (C=O) groups is 3. The molecule has 33 heavy (non-hydrogen) atoms. The fraction of sp³-hybridized carbons (Fsp3) is 0.125. The molecule has 0 aliphatic heterocycles. The van der Waals surface area contributed by atoms with Crippen molar-refractivity contribution >= 4 is 46.9 Å². The summed E-state index contributed by atoms with van der Waals surface area (Å²) in [7, 11) is 0. The molecule has 0 radical (unpaired) electrons. The molecule has 9 heteroatoms. The van der Waals surface area contributed by atoms with E-state index in [1.807, 2.05) is 0 Å². The largest absolute Gasteiger partial charge is 0.513 e. The number of halogens is 2. The lowest BCUT2D eigenvalue weighted by atomic mass is 10.1. The molecule has 0 bridgehead atoms. The Balaban J connectivity index is 1.52. The summed E-state index contributed by atoms with van der Waals surface area (Å²) >= 11 is 11.8. The van der Waals surface area contributed by atoms with Crippen molar-refractivity contribution < 1.29 is 23.9 Å². The second kappa shape index (κ2) is 11.4. The second-order valence-electron chi connectivity index (χ2n) is 6.77. The van der Waals surface area contributed by atoms with Crippen LogP contribution < -0.4 is 15.4 Å². The molecule has 3 aromatic rings. The Hall–Kier alpha value is -3.55. The molecule has 0 fully saturated rings. The van der Waals surface area contributed by atoms with E-state index in [0.29, 0.717) is 33.4 Å². The zero-order valence-corrected chi connectivity index (χ0v) is 19.1. The van der Waals surface area contributed by atoms with E-state index in [1.54, 1.807) is 43.3 Å². The molecule has 0 aliphatic carbocycles. The van der Waals surface area contributed by atoms with Crippen LogP contribution in [0.2, 0.25) is 10.0 Å². The van der Waals surface area contributed by atoms with Crippen LogP contribution >= 0.6 is 23.2 Å². The van der Waals surface area contributed by atoms with Crippen molar-refractivity contribution in [2.24, 2.45) is 0 Å². The Morgan fingerprint density at radius 2 is 1.48 bits per heavy atom. The molecule has 0 saturated heterocycles. The lowest BCUT2D eigenvalue weighted by molar-refractivity contribution is 0.0949. The van der Waals surface area contributed by atoms with Crippen molar-refractivity contribution in [1.29, 1.82) is 0 Å². The molecule has 170 valence electrons. The van der Waals surface area contributed by atoms with Gasteiger partial charge in [-0.05, 0) is 67.1 Å². The predicted octanol–water partition coefficient (Wildman–Crippen LogP) is 5.71. The normalized spacial score (nSPS) is 10.3. The molecular weight excluding hydrogens is 467 g/mol. The number of hydrogen-bond donors (Lipinski definition) is 2. The maximum absolute atomic E-state index is 12.4. The van der Waals surface area contributed by atoms with E-state index in [4.69, 9.17) is 32.7 Å². The fourth-order valence-corrected chi connectivity index (χ4v) is 3.05. The smallest absolute Gasteiger partial charge is 0.434 e. The summed E-state index contributed by atoms with van der Waals surface area (Å²) < 4.78 is 9.67. The Labute approximate surface area is 200 Å². The topological polar surface area (TPSA) is 93.7 Å². The molecule has 0 spiro atoms. The van der Waals surface area contributed by atoms with Crippen LogP contribution in [0, 0.1) is 0 Å². The number of benzene rings is 3. The average Bonchev–Trinajstić information content (AvgIpc) is 2.80. The minimum Gasteiger partial charge on any atom is -0.434 e. The first-order valence-electron chi connectivity index (χ1n) is 9.94. The van der Waals surface area contributed by atoms with E-state index in [2.05, 4.69) is 10.6 Å². The van der Waals surface area contributed by atoms with Crippen molar-refractivity contribution in [2.45, 2.75) is 13.5 Å². The van der Waals surface area contributed by atoms with E-state index in [0.717, 1.165) is 5.56 Å². The van der Waals surface area contributed by atoms with Gasteiger partial charge in [-0.15, -0.1) is 0 Å². The van der Waals surface area contributed by atoms with Crippen LogP contribution in [0.4, 0.5) is 10.5 Å². The maximum atomic E-state index is 12.4. The van der Waals surface area contributed by atoms with Crippen molar-refractivity contribution in [3.8, 4) is 5.75 Å². The number of hydrogen-bond acceptors (Lipinski definition) is 5. The minimum absolute atomic E-state index is 0.210. The number of carbonyl (C=O) groups excluding carboxylic acids is 3. The van der Waals surface area contributed by atoms with E-state index in [1.165, 1.54) is 30.3 Å². The number of nitrogens with one attached hydrogen (secondary N) is 2. The molecule has 2 amide bonds. The molecule has 2 N–H and O–H groups in total. The molecule has 0 unspecified atom stereocenters. The number of amides is 2. The van der Waals surface area contributed by atoms with Gasteiger partial charge in [-0.1, -0.05) is 35.3 Å². The molecule has 3 aromatic carbocycles. The highest BCUT2D eigenvalue weighted by Gasteiger charge is 2.10. The van der Waals surface area contributed by atoms with Crippen LogP contribution in [-0.2, 0) is 11.3 Å². The van der Waals surface area contributed by atoms with Gasteiger partial charge in [0.15, 0.2) is 0 Å². The zero-order chi connectivity index (χ0) is 23.8. The van der Waals surface area contributed by atoms with Crippen molar-refractivity contribution in [1.82, 2.24) is 5.32 Å². The van der Waals surface area contributed by atoms with Gasteiger partial charge in [-0.3, -0.25) is 9.59 Å². The number of rotatable bonds is 7. The third-order valence-corrected chi connectivity index (χ3v) is 5.17. The Kier molecular flexibility index (Phi) is 8.29. The van der Waals surface area contributed by atoms with Crippen molar-refractivity contribution in [3.63, 3.8) is 0 Å². The van der Waals surface area contributed by atoms with Crippen LogP contribution in [0.25, 0.3) is 0 Å². The van der Waals surface area contributed by atoms with Crippen LogP contribution in [0.1, 0.15) is 33.2 Å². The summed E-state index contributed by atoms with van der Waals surface area (Å²) in [5.74, 6) is -0.322. The third kappa shape index (κ3) is 6.97. The van der Waals surface area contributed by atoms with Gasteiger partial charge in [0, 0.05) is 23.4 Å². The van der Waals surface area contributed by atoms with Gasteiger partial charge in [-0.2, -0.15) is 0 Å². The SMILES string of the molecule is CCOC(=O)Oc1ccc(C(=O)Nc2ccc(CNC(=O)c3ccc(Cl)c(Cl)c3)cc2)cc1. The summed E-state index contributed by atoms with van der Waals surface area (Å²) in [5, 5.41) is 6.28. The van der Waals surface area contributed by atoms with Gasteiger partial charge in [0.25, 0.3) is 11.8 Å². The molecule has 0 saturated carbocycles. The van der Waals surface area contributed by atoms with Gasteiger partial charge in [0.2, 0.25) is 0 Å².